The largest absolute Gasteiger partial charge is 0.468 e. The maximum atomic E-state index is 11.9. The number of carbonyl (C=O) groups is 3. The van der Waals surface area contributed by atoms with Crippen LogP contribution in [0.25, 0.3) is 0 Å². The van der Waals surface area contributed by atoms with Gasteiger partial charge in [0.05, 0.1) is 20.1 Å². The van der Waals surface area contributed by atoms with E-state index in [9.17, 15) is 14.4 Å². The van der Waals surface area contributed by atoms with Crippen molar-refractivity contribution in [1.82, 2.24) is 0 Å². The molecule has 0 unspecified atom stereocenters. The summed E-state index contributed by atoms with van der Waals surface area (Å²) in [4.78, 5) is 34.9. The quantitative estimate of drug-likeness (QED) is 0.382. The lowest BCUT2D eigenvalue weighted by Gasteiger charge is -2.36. The van der Waals surface area contributed by atoms with Crippen molar-refractivity contribution in [2.45, 2.75) is 19.4 Å². The van der Waals surface area contributed by atoms with Gasteiger partial charge in [0.15, 0.2) is 5.60 Å². The van der Waals surface area contributed by atoms with Crippen LogP contribution in [-0.4, -0.2) is 37.7 Å². The van der Waals surface area contributed by atoms with Crippen LogP contribution in [0.4, 0.5) is 0 Å². The molecule has 6 nitrogen and oxygen atoms in total. The SMILES string of the molecule is COC(=O)C1(C(=O)OC)[C@@H](C)[C@@]12OC(=O)[C@H]2C. The molecule has 0 amide bonds. The lowest BCUT2D eigenvalue weighted by atomic mass is 9.87. The van der Waals surface area contributed by atoms with E-state index in [0.717, 1.165) is 0 Å². The van der Waals surface area contributed by atoms with E-state index in [-0.39, 0.29) is 0 Å². The van der Waals surface area contributed by atoms with Crippen LogP contribution < -0.4 is 0 Å². The van der Waals surface area contributed by atoms with Crippen LogP contribution >= 0.6 is 0 Å². The molecule has 1 heterocycles. The molecule has 1 aliphatic heterocycles. The van der Waals surface area contributed by atoms with E-state index in [4.69, 9.17) is 4.74 Å². The predicted molar refractivity (Wildman–Crippen MR) is 53.6 cm³/mol. The molecule has 0 radical (unpaired) electrons. The van der Waals surface area contributed by atoms with Crippen molar-refractivity contribution in [3.05, 3.63) is 0 Å². The Morgan fingerprint density at radius 3 is 1.94 bits per heavy atom. The van der Waals surface area contributed by atoms with E-state index in [1.165, 1.54) is 14.2 Å². The van der Waals surface area contributed by atoms with Gasteiger partial charge >= 0.3 is 17.9 Å². The highest BCUT2D eigenvalue weighted by atomic mass is 16.6. The molecule has 94 valence electrons. The van der Waals surface area contributed by atoms with Crippen molar-refractivity contribution in [3.8, 4) is 0 Å². The van der Waals surface area contributed by atoms with Crippen LogP contribution in [0.5, 0.6) is 0 Å². The zero-order valence-corrected chi connectivity index (χ0v) is 10.1. The molecule has 1 spiro atoms. The maximum Gasteiger partial charge on any atom is 0.327 e. The number of esters is 3. The van der Waals surface area contributed by atoms with Gasteiger partial charge in [-0.1, -0.05) is 6.92 Å². The van der Waals surface area contributed by atoms with Crippen molar-refractivity contribution in [1.29, 1.82) is 0 Å². The highest BCUT2D eigenvalue weighted by molar-refractivity contribution is 6.09. The first-order valence-electron chi connectivity index (χ1n) is 5.30. The number of carbonyl (C=O) groups excluding carboxylic acids is 3. The summed E-state index contributed by atoms with van der Waals surface area (Å²) in [5.41, 5.74) is -2.58. The highest BCUT2D eigenvalue weighted by Crippen LogP contribution is 2.72. The fourth-order valence-corrected chi connectivity index (χ4v) is 3.08. The van der Waals surface area contributed by atoms with Crippen LogP contribution in [0, 0.1) is 17.3 Å². The third kappa shape index (κ3) is 0.947. The molecule has 1 aliphatic carbocycles. The topological polar surface area (TPSA) is 78.9 Å². The molecular formula is C11H14O6. The number of hydrogen-bond acceptors (Lipinski definition) is 6. The first-order chi connectivity index (χ1) is 7.91. The predicted octanol–water partition coefficient (Wildman–Crippen LogP) is -0.0998. The van der Waals surface area contributed by atoms with E-state index in [2.05, 4.69) is 9.47 Å². The molecule has 3 atom stereocenters. The standard InChI is InChI=1S/C11H14O6/c1-5-7(12)17-11(5)6(2)10(11,8(13)15-3)9(14)16-4/h5-6H,1-4H3/t5-,6-,11-/m1/s1. The van der Waals surface area contributed by atoms with Gasteiger partial charge in [0.25, 0.3) is 0 Å². The third-order valence-electron chi connectivity index (χ3n) is 4.11. The minimum absolute atomic E-state index is 0.411. The van der Waals surface area contributed by atoms with Crippen molar-refractivity contribution in [2.75, 3.05) is 14.2 Å². The smallest absolute Gasteiger partial charge is 0.327 e. The number of rotatable bonds is 2. The summed E-state index contributed by atoms with van der Waals surface area (Å²) in [6, 6.07) is 0. The number of ether oxygens (including phenoxy) is 3. The summed E-state index contributed by atoms with van der Waals surface area (Å²) in [6.45, 7) is 3.31. The van der Waals surface area contributed by atoms with Crippen LogP contribution in [0.3, 0.4) is 0 Å². The summed E-state index contributed by atoms with van der Waals surface area (Å²) < 4.78 is 14.4. The molecule has 2 rings (SSSR count). The van der Waals surface area contributed by atoms with Gasteiger partial charge in [-0.3, -0.25) is 14.4 Å². The normalized spacial score (nSPS) is 36.8. The van der Waals surface area contributed by atoms with Gasteiger partial charge in [-0.05, 0) is 6.92 Å². The van der Waals surface area contributed by atoms with E-state index in [1.54, 1.807) is 13.8 Å². The lowest BCUT2D eigenvalue weighted by Crippen LogP contribution is -2.54. The fourth-order valence-electron chi connectivity index (χ4n) is 3.08. The fraction of sp³-hybridized carbons (Fsp3) is 0.727. The number of hydrogen-bond donors (Lipinski definition) is 0. The summed E-state index contributed by atoms with van der Waals surface area (Å²) in [6.07, 6.45) is 0. The molecule has 0 aromatic rings. The second-order valence-electron chi connectivity index (χ2n) is 4.45. The monoisotopic (exact) mass is 242 g/mol. The maximum absolute atomic E-state index is 11.9. The molecule has 6 heteroatoms. The Kier molecular flexibility index (Phi) is 2.24. The Labute approximate surface area is 98.2 Å². The van der Waals surface area contributed by atoms with E-state index < -0.39 is 40.8 Å². The van der Waals surface area contributed by atoms with Gasteiger partial charge in [0.2, 0.25) is 5.41 Å². The minimum atomic E-state index is -1.50. The molecular weight excluding hydrogens is 228 g/mol. The molecule has 0 N–H and O–H groups in total. The molecule has 0 aromatic heterocycles. The van der Waals surface area contributed by atoms with Crippen molar-refractivity contribution in [2.24, 2.45) is 17.3 Å². The molecule has 0 aromatic carbocycles. The Hall–Kier alpha value is -1.59. The van der Waals surface area contributed by atoms with Crippen LogP contribution in [0.2, 0.25) is 0 Å². The second kappa shape index (κ2) is 3.21. The number of methoxy groups -OCH3 is 2. The Bertz CT molecular complexity index is 398. The highest BCUT2D eigenvalue weighted by Gasteiger charge is 2.93. The van der Waals surface area contributed by atoms with Gasteiger partial charge in [-0.25, -0.2) is 0 Å². The second-order valence-corrected chi connectivity index (χ2v) is 4.45. The zero-order valence-electron chi connectivity index (χ0n) is 10.1. The van der Waals surface area contributed by atoms with E-state index in [1.807, 2.05) is 0 Å². The van der Waals surface area contributed by atoms with Crippen molar-refractivity contribution >= 4 is 17.9 Å². The lowest BCUT2D eigenvalue weighted by molar-refractivity contribution is -0.201. The average molecular weight is 242 g/mol. The molecule has 1 saturated carbocycles. The van der Waals surface area contributed by atoms with Gasteiger partial charge < -0.3 is 14.2 Å². The molecule has 0 bridgehead atoms. The molecule has 1 saturated heterocycles. The summed E-state index contributed by atoms with van der Waals surface area (Å²) >= 11 is 0. The van der Waals surface area contributed by atoms with Gasteiger partial charge in [-0.2, -0.15) is 0 Å². The van der Waals surface area contributed by atoms with Crippen LogP contribution in [-0.2, 0) is 28.6 Å². The average Bonchev–Trinajstić information content (AvgIpc) is 2.91. The van der Waals surface area contributed by atoms with Crippen LogP contribution in [0.15, 0.2) is 0 Å². The third-order valence-corrected chi connectivity index (χ3v) is 4.11. The Morgan fingerprint density at radius 1 is 1.18 bits per heavy atom. The molecule has 2 aliphatic rings. The van der Waals surface area contributed by atoms with Gasteiger partial charge in [0, 0.05) is 5.92 Å². The molecule has 17 heavy (non-hydrogen) atoms. The van der Waals surface area contributed by atoms with Crippen molar-refractivity contribution < 1.29 is 28.6 Å². The first-order valence-corrected chi connectivity index (χ1v) is 5.30. The van der Waals surface area contributed by atoms with Gasteiger partial charge in [-0.15, -0.1) is 0 Å². The Morgan fingerprint density at radius 2 is 1.65 bits per heavy atom. The van der Waals surface area contributed by atoms with Crippen molar-refractivity contribution in [3.63, 3.8) is 0 Å². The first kappa shape index (κ1) is 11.9. The summed E-state index contributed by atoms with van der Waals surface area (Å²) in [5, 5.41) is 0. The van der Waals surface area contributed by atoms with Gasteiger partial charge in [0.1, 0.15) is 0 Å². The zero-order chi connectivity index (χ0) is 13.0. The summed E-state index contributed by atoms with van der Waals surface area (Å²) in [7, 11) is 2.38. The van der Waals surface area contributed by atoms with E-state index in [0.29, 0.717) is 0 Å². The van der Waals surface area contributed by atoms with E-state index >= 15 is 0 Å². The summed E-state index contributed by atoms with van der Waals surface area (Å²) in [5.74, 6) is -2.77. The molecule has 2 fully saturated rings. The minimum Gasteiger partial charge on any atom is -0.468 e. The van der Waals surface area contributed by atoms with Crippen LogP contribution in [0.1, 0.15) is 13.8 Å². The Balaban J connectivity index is 2.43.